The number of nitrogens with one attached hydrogen (secondary N) is 1. The van der Waals surface area contributed by atoms with E-state index in [0.717, 1.165) is 28.2 Å². The number of ether oxygens (including phenoxy) is 1. The number of rotatable bonds is 4. The summed E-state index contributed by atoms with van der Waals surface area (Å²) in [5.74, 6) is -1.65. The number of amides is 1. The van der Waals surface area contributed by atoms with E-state index in [1.54, 1.807) is 24.3 Å². The van der Waals surface area contributed by atoms with Gasteiger partial charge in [-0.15, -0.1) is 11.3 Å². The molecule has 0 unspecified atom stereocenters. The summed E-state index contributed by atoms with van der Waals surface area (Å²) in [6.45, 7) is -0.712. The maximum Gasteiger partial charge on any atom is 0.416 e. The van der Waals surface area contributed by atoms with Gasteiger partial charge < -0.3 is 10.1 Å². The number of anilines is 1. The van der Waals surface area contributed by atoms with Crippen molar-refractivity contribution in [1.29, 1.82) is 0 Å². The molecule has 0 saturated heterocycles. The van der Waals surface area contributed by atoms with Crippen molar-refractivity contribution in [3.8, 4) is 0 Å². The Morgan fingerprint density at radius 2 is 1.82 bits per heavy atom. The number of carbonyl (C=O) groups is 2. The van der Waals surface area contributed by atoms with Crippen molar-refractivity contribution in [3.63, 3.8) is 0 Å². The SMILES string of the molecule is O=C(COC(=O)c1sc2ccccc2c1Cl)Nc1cc(C(F)(F)F)ccc1Cl. The Morgan fingerprint density at radius 3 is 2.50 bits per heavy atom. The highest BCUT2D eigenvalue weighted by molar-refractivity contribution is 7.21. The molecule has 0 bridgehead atoms. The smallest absolute Gasteiger partial charge is 0.416 e. The highest BCUT2D eigenvalue weighted by atomic mass is 35.5. The average molecular weight is 448 g/mol. The molecule has 0 aliphatic rings. The number of fused-ring (bicyclic) bond motifs is 1. The Kier molecular flexibility index (Phi) is 5.83. The van der Waals surface area contributed by atoms with E-state index in [1.807, 2.05) is 0 Å². The third-order valence-electron chi connectivity index (χ3n) is 3.62. The second-order valence-corrected chi connectivity index (χ2v) is 7.40. The molecule has 0 fully saturated rings. The van der Waals surface area contributed by atoms with Crippen molar-refractivity contribution in [3.05, 3.63) is 63.0 Å². The number of halogens is 5. The molecule has 1 heterocycles. The molecule has 0 radical (unpaired) electrons. The second-order valence-electron chi connectivity index (χ2n) is 5.56. The van der Waals surface area contributed by atoms with E-state index in [4.69, 9.17) is 27.9 Å². The molecule has 1 amide bonds. The van der Waals surface area contributed by atoms with Crippen LogP contribution in [0.3, 0.4) is 0 Å². The summed E-state index contributed by atoms with van der Waals surface area (Å²) in [6.07, 6.45) is -4.59. The second kappa shape index (κ2) is 7.98. The van der Waals surface area contributed by atoms with Crippen LogP contribution < -0.4 is 5.32 Å². The summed E-state index contributed by atoms with van der Waals surface area (Å²) in [6, 6.07) is 9.59. The first-order chi connectivity index (χ1) is 13.2. The third kappa shape index (κ3) is 4.40. The standard InChI is InChI=1S/C18H10Cl2F3NO3S/c19-11-6-5-9(18(21,22)23)7-12(11)24-14(25)8-27-17(26)16-15(20)10-3-1-2-4-13(10)28-16/h1-7H,8H2,(H,24,25). The molecule has 0 spiro atoms. The van der Waals surface area contributed by atoms with Crippen LogP contribution in [0.2, 0.25) is 10.0 Å². The number of carbonyl (C=O) groups excluding carboxylic acids is 2. The molecule has 3 rings (SSSR count). The number of alkyl halides is 3. The van der Waals surface area contributed by atoms with Crippen molar-refractivity contribution in [1.82, 2.24) is 0 Å². The number of esters is 1. The van der Waals surface area contributed by atoms with Gasteiger partial charge in [-0.05, 0) is 24.3 Å². The zero-order chi connectivity index (χ0) is 20.5. The Bertz CT molecular complexity index is 1070. The lowest BCUT2D eigenvalue weighted by atomic mass is 10.2. The van der Waals surface area contributed by atoms with E-state index in [2.05, 4.69) is 5.32 Å². The molecule has 0 saturated carbocycles. The van der Waals surface area contributed by atoms with Gasteiger partial charge in [0.2, 0.25) is 0 Å². The summed E-state index contributed by atoms with van der Waals surface area (Å²) < 4.78 is 44.0. The zero-order valence-corrected chi connectivity index (χ0v) is 16.1. The maximum atomic E-state index is 12.8. The van der Waals surface area contributed by atoms with Crippen LogP contribution in [-0.4, -0.2) is 18.5 Å². The monoisotopic (exact) mass is 447 g/mol. The minimum Gasteiger partial charge on any atom is -0.451 e. The topological polar surface area (TPSA) is 55.4 Å². The summed E-state index contributed by atoms with van der Waals surface area (Å²) in [7, 11) is 0. The van der Waals surface area contributed by atoms with Crippen LogP contribution in [0, 0.1) is 0 Å². The van der Waals surface area contributed by atoms with Crippen LogP contribution in [0.25, 0.3) is 10.1 Å². The van der Waals surface area contributed by atoms with Crippen molar-refractivity contribution in [2.75, 3.05) is 11.9 Å². The molecule has 0 aliphatic carbocycles. The van der Waals surface area contributed by atoms with E-state index >= 15 is 0 Å². The molecule has 4 nitrogen and oxygen atoms in total. The number of benzene rings is 2. The first kappa shape index (κ1) is 20.4. The number of thiophene rings is 1. The first-order valence-electron chi connectivity index (χ1n) is 7.67. The fraction of sp³-hybridized carbons (Fsp3) is 0.111. The Balaban J connectivity index is 1.67. The van der Waals surface area contributed by atoms with Gasteiger partial charge in [-0.3, -0.25) is 4.79 Å². The molecule has 2 aromatic carbocycles. The Labute approximate surface area is 170 Å². The minimum absolute atomic E-state index is 0.0831. The van der Waals surface area contributed by atoms with E-state index in [1.165, 1.54) is 0 Å². The third-order valence-corrected chi connectivity index (χ3v) is 5.61. The fourth-order valence-corrected chi connectivity index (χ4v) is 3.89. The molecular formula is C18H10Cl2F3NO3S. The van der Waals surface area contributed by atoms with Gasteiger partial charge in [0.1, 0.15) is 4.88 Å². The van der Waals surface area contributed by atoms with Crippen LogP contribution in [0.5, 0.6) is 0 Å². The minimum atomic E-state index is -4.59. The van der Waals surface area contributed by atoms with Gasteiger partial charge in [-0.25, -0.2) is 4.79 Å². The molecule has 1 aromatic heterocycles. The van der Waals surface area contributed by atoms with Crippen LogP contribution in [0.15, 0.2) is 42.5 Å². The quantitative estimate of drug-likeness (QED) is 0.497. The molecule has 28 heavy (non-hydrogen) atoms. The van der Waals surface area contributed by atoms with Gasteiger partial charge in [0.15, 0.2) is 6.61 Å². The van der Waals surface area contributed by atoms with Crippen molar-refractivity contribution < 1.29 is 27.5 Å². The number of hydrogen-bond donors (Lipinski definition) is 1. The fourth-order valence-electron chi connectivity index (χ4n) is 2.33. The maximum absolute atomic E-state index is 12.8. The summed E-state index contributed by atoms with van der Waals surface area (Å²) >= 11 is 13.1. The van der Waals surface area contributed by atoms with Gasteiger partial charge in [-0.1, -0.05) is 41.4 Å². The first-order valence-corrected chi connectivity index (χ1v) is 9.25. The van der Waals surface area contributed by atoms with E-state index < -0.39 is 30.2 Å². The van der Waals surface area contributed by atoms with Crippen LogP contribution in [-0.2, 0) is 15.7 Å². The van der Waals surface area contributed by atoms with Gasteiger partial charge in [0.25, 0.3) is 5.91 Å². The van der Waals surface area contributed by atoms with E-state index in [9.17, 15) is 22.8 Å². The van der Waals surface area contributed by atoms with Gasteiger partial charge >= 0.3 is 12.1 Å². The zero-order valence-electron chi connectivity index (χ0n) is 13.8. The van der Waals surface area contributed by atoms with Gasteiger partial charge in [-0.2, -0.15) is 13.2 Å². The van der Waals surface area contributed by atoms with E-state index in [0.29, 0.717) is 11.5 Å². The molecule has 3 aromatic rings. The van der Waals surface area contributed by atoms with Crippen molar-refractivity contribution in [2.24, 2.45) is 0 Å². The lowest BCUT2D eigenvalue weighted by Gasteiger charge is -2.11. The van der Waals surface area contributed by atoms with Crippen LogP contribution in [0.1, 0.15) is 15.2 Å². The van der Waals surface area contributed by atoms with Gasteiger partial charge in [0.05, 0.1) is 21.3 Å². The molecule has 1 N–H and O–H groups in total. The van der Waals surface area contributed by atoms with E-state index in [-0.39, 0.29) is 20.6 Å². The predicted octanol–water partition coefficient (Wildman–Crippen LogP) is 6.02. The highest BCUT2D eigenvalue weighted by Gasteiger charge is 2.31. The highest BCUT2D eigenvalue weighted by Crippen LogP contribution is 2.36. The lowest BCUT2D eigenvalue weighted by Crippen LogP contribution is -2.21. The molecule has 0 atom stereocenters. The normalized spacial score (nSPS) is 11.5. The molecule has 0 aliphatic heterocycles. The summed E-state index contributed by atoms with van der Waals surface area (Å²) in [5.41, 5.74) is -1.21. The Hall–Kier alpha value is -2.29. The molecule has 146 valence electrons. The predicted molar refractivity (Wildman–Crippen MR) is 102 cm³/mol. The van der Waals surface area contributed by atoms with Gasteiger partial charge in [0, 0.05) is 10.1 Å². The largest absolute Gasteiger partial charge is 0.451 e. The molecular weight excluding hydrogens is 438 g/mol. The Morgan fingerprint density at radius 1 is 1.11 bits per heavy atom. The van der Waals surface area contributed by atoms with Crippen molar-refractivity contribution >= 4 is 62.2 Å². The van der Waals surface area contributed by atoms with Crippen molar-refractivity contribution in [2.45, 2.75) is 6.18 Å². The average Bonchev–Trinajstić information content (AvgIpc) is 2.98. The summed E-state index contributed by atoms with van der Waals surface area (Å²) in [5, 5.41) is 3.01. The summed E-state index contributed by atoms with van der Waals surface area (Å²) in [4.78, 5) is 24.3. The van der Waals surface area contributed by atoms with Crippen LogP contribution >= 0.6 is 34.5 Å². The molecule has 10 heteroatoms. The van der Waals surface area contributed by atoms with Crippen LogP contribution in [0.4, 0.5) is 18.9 Å². The number of hydrogen-bond acceptors (Lipinski definition) is 4. The lowest BCUT2D eigenvalue weighted by molar-refractivity contribution is -0.137.